The summed E-state index contributed by atoms with van der Waals surface area (Å²) in [5, 5.41) is 7.95. The first-order valence-electron chi connectivity index (χ1n) is 10.4. The Morgan fingerprint density at radius 3 is 2.33 bits per heavy atom. The number of primary amides is 2. The first-order valence-corrected chi connectivity index (χ1v) is 10.4. The maximum Gasteiger partial charge on any atom is 0.254 e. The molecule has 1 aromatic heterocycles. The minimum atomic E-state index is -0.583. The third kappa shape index (κ3) is 3.89. The smallest absolute Gasteiger partial charge is 0.254 e. The normalized spacial score (nSPS) is 12.1. The second-order valence-electron chi connectivity index (χ2n) is 7.71. The van der Waals surface area contributed by atoms with Gasteiger partial charge in [-0.1, -0.05) is 18.2 Å². The number of anilines is 2. The van der Waals surface area contributed by atoms with Crippen molar-refractivity contribution in [3.63, 3.8) is 0 Å². The van der Waals surface area contributed by atoms with E-state index in [1.54, 1.807) is 22.9 Å². The molecule has 5 rings (SSSR count). The zero-order chi connectivity index (χ0) is 22.9. The van der Waals surface area contributed by atoms with Crippen molar-refractivity contribution < 1.29 is 14.3 Å². The third-order valence-corrected chi connectivity index (χ3v) is 5.54. The van der Waals surface area contributed by atoms with Crippen LogP contribution in [-0.2, 0) is 13.0 Å². The number of aryl methyl sites for hydroxylation is 2. The van der Waals surface area contributed by atoms with Gasteiger partial charge in [0.2, 0.25) is 5.91 Å². The van der Waals surface area contributed by atoms with Crippen LogP contribution in [0.5, 0.6) is 11.5 Å². The second-order valence-corrected chi connectivity index (χ2v) is 7.71. The molecule has 33 heavy (non-hydrogen) atoms. The lowest BCUT2D eigenvalue weighted by Crippen LogP contribution is -2.14. The highest BCUT2D eigenvalue weighted by Gasteiger charge is 2.26. The summed E-state index contributed by atoms with van der Waals surface area (Å²) in [6, 6.07) is 22.0. The minimum absolute atomic E-state index is 0.304. The van der Waals surface area contributed by atoms with Crippen molar-refractivity contribution in [2.75, 3.05) is 5.32 Å². The molecule has 8 nitrogen and oxygen atoms in total. The lowest BCUT2D eigenvalue weighted by molar-refractivity contribution is 0.0992. The predicted octanol–water partition coefficient (Wildman–Crippen LogP) is 3.84. The van der Waals surface area contributed by atoms with Gasteiger partial charge >= 0.3 is 0 Å². The fourth-order valence-corrected chi connectivity index (χ4v) is 3.92. The number of rotatable bonds is 5. The van der Waals surface area contributed by atoms with Gasteiger partial charge in [0.1, 0.15) is 28.6 Å². The average Bonchev–Trinajstić information content (AvgIpc) is 3.08. The molecule has 2 heterocycles. The van der Waals surface area contributed by atoms with Crippen LogP contribution in [0.4, 0.5) is 11.5 Å². The molecule has 1 aliphatic rings. The number of amides is 2. The maximum absolute atomic E-state index is 12.4. The molecule has 0 spiro atoms. The third-order valence-electron chi connectivity index (χ3n) is 5.54. The van der Waals surface area contributed by atoms with Crippen LogP contribution >= 0.6 is 0 Å². The Bertz CT molecular complexity index is 1360. The Labute approximate surface area is 189 Å². The zero-order valence-corrected chi connectivity index (χ0v) is 17.6. The van der Waals surface area contributed by atoms with Gasteiger partial charge in [0.05, 0.1) is 0 Å². The first kappa shape index (κ1) is 20.3. The molecular formula is C25H21N5O3. The summed E-state index contributed by atoms with van der Waals surface area (Å²) in [6.07, 6.45) is 0.611. The van der Waals surface area contributed by atoms with E-state index in [2.05, 4.69) is 10.4 Å². The molecule has 0 radical (unpaired) electrons. The summed E-state index contributed by atoms with van der Waals surface area (Å²) < 4.78 is 7.58. The number of aromatic nitrogens is 2. The van der Waals surface area contributed by atoms with Crippen LogP contribution in [-0.4, -0.2) is 21.6 Å². The van der Waals surface area contributed by atoms with Gasteiger partial charge in [0, 0.05) is 23.4 Å². The molecule has 0 fully saturated rings. The summed E-state index contributed by atoms with van der Waals surface area (Å²) in [4.78, 5) is 24.0. The number of nitrogens with one attached hydrogen (secondary N) is 1. The van der Waals surface area contributed by atoms with E-state index in [1.165, 1.54) is 0 Å². The van der Waals surface area contributed by atoms with Crippen LogP contribution in [0.1, 0.15) is 26.3 Å². The molecule has 2 amide bonds. The Balaban J connectivity index is 1.49. The highest BCUT2D eigenvalue weighted by atomic mass is 16.5. The number of hydrogen-bond acceptors (Lipinski definition) is 5. The van der Waals surface area contributed by atoms with E-state index in [-0.39, 0.29) is 0 Å². The Hall–Kier alpha value is -4.59. The van der Waals surface area contributed by atoms with Gasteiger partial charge < -0.3 is 21.5 Å². The van der Waals surface area contributed by atoms with Gasteiger partial charge in [0.15, 0.2) is 0 Å². The number of nitrogens with two attached hydrogens (primary N) is 2. The molecule has 4 aromatic rings. The molecule has 1 aliphatic heterocycles. The molecule has 0 unspecified atom stereocenters. The van der Waals surface area contributed by atoms with Crippen LogP contribution in [0.2, 0.25) is 0 Å². The highest BCUT2D eigenvalue weighted by molar-refractivity contribution is 6.04. The Morgan fingerprint density at radius 1 is 0.909 bits per heavy atom. The van der Waals surface area contributed by atoms with Crippen molar-refractivity contribution in [3.8, 4) is 22.8 Å². The van der Waals surface area contributed by atoms with E-state index in [4.69, 9.17) is 16.2 Å². The van der Waals surface area contributed by atoms with E-state index in [9.17, 15) is 9.59 Å². The topological polar surface area (TPSA) is 125 Å². The summed E-state index contributed by atoms with van der Waals surface area (Å²) in [6.45, 7) is 0.507. The largest absolute Gasteiger partial charge is 0.457 e. The first-order chi connectivity index (χ1) is 16.0. The number of benzene rings is 3. The van der Waals surface area contributed by atoms with Crippen LogP contribution in [0.3, 0.4) is 0 Å². The number of nitrogens with zero attached hydrogens (tertiary/aromatic N) is 2. The van der Waals surface area contributed by atoms with E-state index in [1.807, 2.05) is 54.6 Å². The van der Waals surface area contributed by atoms with Gasteiger partial charge in [-0.15, -0.1) is 0 Å². The Morgan fingerprint density at radius 2 is 1.64 bits per heavy atom. The van der Waals surface area contributed by atoms with Crippen molar-refractivity contribution in [3.05, 3.63) is 89.5 Å². The molecular weight excluding hydrogens is 418 g/mol. The summed E-state index contributed by atoms with van der Waals surface area (Å²) in [7, 11) is 0. The molecule has 0 atom stereocenters. The summed E-state index contributed by atoms with van der Waals surface area (Å²) in [5.41, 5.74) is 14.8. The zero-order valence-electron chi connectivity index (χ0n) is 17.6. The maximum atomic E-state index is 12.4. The van der Waals surface area contributed by atoms with Crippen molar-refractivity contribution in [1.82, 2.24) is 9.78 Å². The van der Waals surface area contributed by atoms with Crippen molar-refractivity contribution in [2.24, 2.45) is 11.5 Å². The summed E-state index contributed by atoms with van der Waals surface area (Å²) >= 11 is 0. The molecule has 164 valence electrons. The van der Waals surface area contributed by atoms with Gasteiger partial charge in [-0.25, -0.2) is 4.68 Å². The van der Waals surface area contributed by atoms with Crippen LogP contribution in [0.15, 0.2) is 72.8 Å². The predicted molar refractivity (Wildman–Crippen MR) is 125 cm³/mol. The number of carbonyl (C=O) groups excluding carboxylic acids is 2. The molecule has 0 saturated heterocycles. The standard InChI is InChI=1S/C25H21N5O3/c26-23(31)17-8-11-20-16(14-17)12-13-30-25(28-20)21(24(27)32)22(29-30)15-6-9-19(10-7-15)33-18-4-2-1-3-5-18/h1-11,14,28H,12-13H2,(H2,26,31)(H2,27,32). The van der Waals surface area contributed by atoms with Gasteiger partial charge in [-0.2, -0.15) is 5.10 Å². The van der Waals surface area contributed by atoms with E-state index in [0.29, 0.717) is 41.4 Å². The number of ether oxygens (including phenoxy) is 1. The Kier molecular flexibility index (Phi) is 5.02. The van der Waals surface area contributed by atoms with E-state index < -0.39 is 11.8 Å². The fourth-order valence-electron chi connectivity index (χ4n) is 3.92. The number of para-hydroxylation sites is 1. The van der Waals surface area contributed by atoms with Crippen LogP contribution in [0.25, 0.3) is 11.3 Å². The van der Waals surface area contributed by atoms with Crippen molar-refractivity contribution >= 4 is 23.3 Å². The fraction of sp³-hybridized carbons (Fsp3) is 0.0800. The number of carbonyl (C=O) groups is 2. The van der Waals surface area contributed by atoms with Gasteiger partial charge in [-0.3, -0.25) is 9.59 Å². The molecule has 3 aromatic carbocycles. The van der Waals surface area contributed by atoms with Crippen molar-refractivity contribution in [1.29, 1.82) is 0 Å². The number of fused-ring (bicyclic) bond motifs is 2. The molecule has 0 bridgehead atoms. The van der Waals surface area contributed by atoms with Crippen LogP contribution in [0, 0.1) is 0 Å². The minimum Gasteiger partial charge on any atom is -0.457 e. The highest BCUT2D eigenvalue weighted by Crippen LogP contribution is 2.35. The summed E-state index contributed by atoms with van der Waals surface area (Å²) in [5.74, 6) is 0.857. The lowest BCUT2D eigenvalue weighted by Gasteiger charge is -2.10. The van der Waals surface area contributed by atoms with Gasteiger partial charge in [-0.05, 0) is 66.6 Å². The average molecular weight is 439 g/mol. The van der Waals surface area contributed by atoms with E-state index >= 15 is 0 Å². The van der Waals surface area contributed by atoms with Crippen LogP contribution < -0.4 is 21.5 Å². The lowest BCUT2D eigenvalue weighted by atomic mass is 10.0. The monoisotopic (exact) mass is 439 g/mol. The molecule has 0 aliphatic carbocycles. The van der Waals surface area contributed by atoms with E-state index in [0.717, 1.165) is 22.6 Å². The number of hydrogen-bond donors (Lipinski definition) is 3. The second kappa shape index (κ2) is 8.16. The SMILES string of the molecule is NC(=O)c1ccc2c(c1)CCn1nc(-c3ccc(Oc4ccccc4)cc3)c(C(N)=O)c1N2. The molecule has 5 N–H and O–H groups in total. The quantitative estimate of drug-likeness (QED) is 0.436. The van der Waals surface area contributed by atoms with Gasteiger partial charge in [0.25, 0.3) is 5.91 Å². The molecule has 0 saturated carbocycles. The molecule has 8 heteroatoms. The van der Waals surface area contributed by atoms with Crippen molar-refractivity contribution in [2.45, 2.75) is 13.0 Å².